The number of carbonyl (C=O) groups is 1. The van der Waals surface area contributed by atoms with Gasteiger partial charge in [0, 0.05) is 36.0 Å². The summed E-state index contributed by atoms with van der Waals surface area (Å²) in [5.74, 6) is 1.38. The lowest BCUT2D eigenvalue weighted by Crippen LogP contribution is -2.46. The van der Waals surface area contributed by atoms with Crippen LogP contribution in [0.2, 0.25) is 0 Å². The molecule has 3 nitrogen and oxygen atoms in total. The predicted molar refractivity (Wildman–Crippen MR) is 104 cm³/mol. The Bertz CT molecular complexity index is 514. The summed E-state index contributed by atoms with van der Waals surface area (Å²) in [6.07, 6.45) is 10.6. The molecule has 1 aliphatic heterocycles. The van der Waals surface area contributed by atoms with Gasteiger partial charge in [0.2, 0.25) is 5.91 Å². The SMILES string of the molecule is CCCCC1CCC(C(=O)NCC2(c3cccs3)CCOCC2)CC1. The van der Waals surface area contributed by atoms with Crippen molar-refractivity contribution in [3.8, 4) is 0 Å². The van der Waals surface area contributed by atoms with Crippen LogP contribution in [0.4, 0.5) is 0 Å². The molecule has 2 heterocycles. The fourth-order valence-corrected chi connectivity index (χ4v) is 5.45. The quantitative estimate of drug-likeness (QED) is 0.747. The molecule has 2 aliphatic rings. The zero-order chi connectivity index (χ0) is 17.5. The second-order valence-corrected chi connectivity index (χ2v) is 8.90. The summed E-state index contributed by atoms with van der Waals surface area (Å²) in [6.45, 7) is 4.64. The van der Waals surface area contributed by atoms with Gasteiger partial charge in [0.15, 0.2) is 0 Å². The molecule has 1 aromatic heterocycles. The standard InChI is InChI=1S/C21H33NO2S/c1-2-3-5-17-7-9-18(10-8-17)20(23)22-16-21(11-13-24-14-12-21)19-6-4-15-25-19/h4,6,15,17-18H,2-3,5,7-14,16H2,1H3,(H,22,23). The Morgan fingerprint density at radius 3 is 2.68 bits per heavy atom. The highest BCUT2D eigenvalue weighted by molar-refractivity contribution is 7.10. The van der Waals surface area contributed by atoms with Gasteiger partial charge in [-0.15, -0.1) is 11.3 Å². The van der Waals surface area contributed by atoms with Gasteiger partial charge in [-0.25, -0.2) is 0 Å². The van der Waals surface area contributed by atoms with E-state index in [0.717, 1.165) is 51.4 Å². The first-order chi connectivity index (χ1) is 12.2. The van der Waals surface area contributed by atoms with E-state index < -0.39 is 0 Å². The number of thiophene rings is 1. The van der Waals surface area contributed by atoms with Crippen LogP contribution in [0.25, 0.3) is 0 Å². The Morgan fingerprint density at radius 2 is 2.04 bits per heavy atom. The molecule has 0 radical (unpaired) electrons. The molecule has 1 amide bonds. The number of rotatable bonds is 7. The van der Waals surface area contributed by atoms with E-state index in [4.69, 9.17) is 4.74 Å². The van der Waals surface area contributed by atoms with Crippen molar-refractivity contribution in [3.63, 3.8) is 0 Å². The number of ether oxygens (including phenoxy) is 1. The molecule has 4 heteroatoms. The summed E-state index contributed by atoms with van der Waals surface area (Å²) in [5.41, 5.74) is 0.0837. The topological polar surface area (TPSA) is 38.3 Å². The van der Waals surface area contributed by atoms with Gasteiger partial charge in [-0.2, -0.15) is 0 Å². The van der Waals surface area contributed by atoms with Crippen LogP contribution in [0, 0.1) is 11.8 Å². The molecule has 140 valence electrons. The fourth-order valence-electron chi connectivity index (χ4n) is 4.46. The van der Waals surface area contributed by atoms with Gasteiger partial charge in [0.05, 0.1) is 0 Å². The molecule has 1 saturated heterocycles. The van der Waals surface area contributed by atoms with Crippen LogP contribution in [-0.4, -0.2) is 25.7 Å². The van der Waals surface area contributed by atoms with E-state index in [9.17, 15) is 4.79 Å². The number of carbonyl (C=O) groups excluding carboxylic acids is 1. The number of amides is 1. The molecule has 0 bridgehead atoms. The predicted octanol–water partition coefficient (Wildman–Crippen LogP) is 4.91. The number of nitrogens with one attached hydrogen (secondary N) is 1. The molecule has 2 fully saturated rings. The first-order valence-electron chi connectivity index (χ1n) is 10.1. The van der Waals surface area contributed by atoms with Crippen molar-refractivity contribution in [2.75, 3.05) is 19.8 Å². The molecule has 3 rings (SSSR count). The van der Waals surface area contributed by atoms with E-state index in [0.29, 0.717) is 0 Å². The lowest BCUT2D eigenvalue weighted by atomic mass is 9.77. The van der Waals surface area contributed by atoms with E-state index in [1.54, 1.807) is 0 Å². The minimum Gasteiger partial charge on any atom is -0.381 e. The van der Waals surface area contributed by atoms with Gasteiger partial charge >= 0.3 is 0 Å². The minimum absolute atomic E-state index is 0.0837. The average Bonchev–Trinajstić information content (AvgIpc) is 3.21. The third kappa shape index (κ3) is 4.85. The van der Waals surface area contributed by atoms with Crippen LogP contribution >= 0.6 is 11.3 Å². The Labute approximate surface area is 156 Å². The molecule has 1 N–H and O–H groups in total. The van der Waals surface area contributed by atoms with Crippen LogP contribution < -0.4 is 5.32 Å². The van der Waals surface area contributed by atoms with Crippen LogP contribution in [0.15, 0.2) is 17.5 Å². The van der Waals surface area contributed by atoms with Crippen LogP contribution in [0.1, 0.15) is 69.6 Å². The van der Waals surface area contributed by atoms with Crippen LogP contribution in [0.5, 0.6) is 0 Å². The van der Waals surface area contributed by atoms with Crippen LogP contribution in [0.3, 0.4) is 0 Å². The van der Waals surface area contributed by atoms with E-state index in [-0.39, 0.29) is 17.2 Å². The van der Waals surface area contributed by atoms with Crippen molar-refractivity contribution < 1.29 is 9.53 Å². The molecule has 1 aliphatic carbocycles. The molecule has 0 unspecified atom stereocenters. The van der Waals surface area contributed by atoms with E-state index in [1.165, 1.54) is 37.0 Å². The van der Waals surface area contributed by atoms with Gasteiger partial charge in [-0.05, 0) is 55.9 Å². The van der Waals surface area contributed by atoms with Crippen molar-refractivity contribution in [1.29, 1.82) is 0 Å². The van der Waals surface area contributed by atoms with Crippen molar-refractivity contribution in [2.24, 2.45) is 11.8 Å². The van der Waals surface area contributed by atoms with Gasteiger partial charge in [0.25, 0.3) is 0 Å². The van der Waals surface area contributed by atoms with E-state index in [1.807, 2.05) is 11.3 Å². The first-order valence-corrected chi connectivity index (χ1v) is 11.0. The highest BCUT2D eigenvalue weighted by atomic mass is 32.1. The maximum atomic E-state index is 12.7. The molecule has 1 saturated carbocycles. The van der Waals surface area contributed by atoms with E-state index in [2.05, 4.69) is 29.8 Å². The monoisotopic (exact) mass is 363 g/mol. The summed E-state index contributed by atoms with van der Waals surface area (Å²) < 4.78 is 5.58. The van der Waals surface area contributed by atoms with Gasteiger partial charge in [-0.1, -0.05) is 32.3 Å². The molecular formula is C21H33NO2S. The van der Waals surface area contributed by atoms with Crippen molar-refractivity contribution >= 4 is 17.2 Å². The molecule has 0 aromatic carbocycles. The van der Waals surface area contributed by atoms with Crippen molar-refractivity contribution in [3.05, 3.63) is 22.4 Å². The number of hydrogen-bond donors (Lipinski definition) is 1. The first kappa shape index (κ1) is 18.9. The number of unbranched alkanes of at least 4 members (excludes halogenated alkanes) is 1. The smallest absolute Gasteiger partial charge is 0.223 e. The highest BCUT2D eigenvalue weighted by Crippen LogP contribution is 2.37. The van der Waals surface area contributed by atoms with Crippen LogP contribution in [-0.2, 0) is 14.9 Å². The Balaban J connectivity index is 1.51. The normalized spacial score (nSPS) is 26.3. The number of hydrogen-bond acceptors (Lipinski definition) is 3. The molecule has 0 atom stereocenters. The average molecular weight is 364 g/mol. The second-order valence-electron chi connectivity index (χ2n) is 7.95. The summed E-state index contributed by atoms with van der Waals surface area (Å²) in [4.78, 5) is 14.1. The van der Waals surface area contributed by atoms with Crippen molar-refractivity contribution in [2.45, 2.75) is 70.1 Å². The Morgan fingerprint density at radius 1 is 1.28 bits per heavy atom. The zero-order valence-corrected chi connectivity index (χ0v) is 16.4. The fraction of sp³-hybridized carbons (Fsp3) is 0.762. The third-order valence-corrected chi connectivity index (χ3v) is 7.39. The zero-order valence-electron chi connectivity index (χ0n) is 15.6. The van der Waals surface area contributed by atoms with Crippen molar-refractivity contribution in [1.82, 2.24) is 5.32 Å². The lowest BCUT2D eigenvalue weighted by molar-refractivity contribution is -0.126. The molecule has 0 spiro atoms. The minimum atomic E-state index is 0.0837. The lowest BCUT2D eigenvalue weighted by Gasteiger charge is -2.37. The largest absolute Gasteiger partial charge is 0.381 e. The summed E-state index contributed by atoms with van der Waals surface area (Å²) in [6, 6.07) is 4.34. The molecule has 1 aromatic rings. The summed E-state index contributed by atoms with van der Waals surface area (Å²) >= 11 is 1.82. The third-order valence-electron chi connectivity index (χ3n) is 6.28. The summed E-state index contributed by atoms with van der Waals surface area (Å²) in [5, 5.41) is 5.47. The Kier molecular flexibility index (Phi) is 6.94. The van der Waals surface area contributed by atoms with Gasteiger partial charge in [-0.3, -0.25) is 4.79 Å². The maximum absolute atomic E-state index is 12.7. The maximum Gasteiger partial charge on any atom is 0.223 e. The van der Waals surface area contributed by atoms with Gasteiger partial charge < -0.3 is 10.1 Å². The van der Waals surface area contributed by atoms with Gasteiger partial charge in [0.1, 0.15) is 0 Å². The molecule has 25 heavy (non-hydrogen) atoms. The highest BCUT2D eigenvalue weighted by Gasteiger charge is 2.36. The summed E-state index contributed by atoms with van der Waals surface area (Å²) in [7, 11) is 0. The molecular weight excluding hydrogens is 330 g/mol. The Hall–Kier alpha value is -0.870. The van der Waals surface area contributed by atoms with E-state index >= 15 is 0 Å². The second kappa shape index (κ2) is 9.18.